The Bertz CT molecular complexity index is 995. The summed E-state index contributed by atoms with van der Waals surface area (Å²) in [5.41, 5.74) is 8.05. The van der Waals surface area contributed by atoms with Crippen LogP contribution in [0.5, 0.6) is 5.75 Å². The van der Waals surface area contributed by atoms with Gasteiger partial charge in [-0.25, -0.2) is 4.98 Å². The molecule has 0 saturated heterocycles. The molecule has 1 aromatic heterocycles. The van der Waals surface area contributed by atoms with E-state index in [1.54, 1.807) is 24.3 Å². The van der Waals surface area contributed by atoms with Gasteiger partial charge in [0.25, 0.3) is 11.8 Å². The Hall–Kier alpha value is -2.93. The number of methoxy groups -OCH3 is 1. The lowest BCUT2D eigenvalue weighted by molar-refractivity contribution is 0.100. The van der Waals surface area contributed by atoms with Gasteiger partial charge in [-0.1, -0.05) is 11.6 Å². The number of amides is 2. The van der Waals surface area contributed by atoms with Gasteiger partial charge in [0, 0.05) is 0 Å². The smallest absolute Gasteiger partial charge is 0.260 e. The third-order valence-corrected chi connectivity index (χ3v) is 4.77. The summed E-state index contributed by atoms with van der Waals surface area (Å²) in [6.07, 6.45) is 0. The summed E-state index contributed by atoms with van der Waals surface area (Å²) in [4.78, 5) is 29.0. The molecule has 0 unspecified atom stereocenters. The Kier molecular flexibility index (Phi) is 4.41. The van der Waals surface area contributed by atoms with E-state index in [1.165, 1.54) is 18.4 Å². The number of thiazole rings is 1. The average Bonchev–Trinajstić information content (AvgIpc) is 2.95. The first-order chi connectivity index (χ1) is 11.9. The van der Waals surface area contributed by atoms with Crippen molar-refractivity contribution in [2.24, 2.45) is 5.73 Å². The van der Waals surface area contributed by atoms with Crippen molar-refractivity contribution in [2.45, 2.75) is 13.8 Å². The van der Waals surface area contributed by atoms with E-state index < -0.39 is 5.91 Å². The second-order valence-electron chi connectivity index (χ2n) is 5.59. The first-order valence-corrected chi connectivity index (χ1v) is 8.38. The summed E-state index contributed by atoms with van der Waals surface area (Å²) in [5.74, 6) is -0.531. The van der Waals surface area contributed by atoms with Crippen LogP contribution in [0.1, 0.15) is 31.3 Å². The molecule has 0 spiro atoms. The van der Waals surface area contributed by atoms with Crippen LogP contribution in [0.4, 0.5) is 5.69 Å². The summed E-state index contributed by atoms with van der Waals surface area (Å²) in [7, 11) is 1.51. The third-order valence-electron chi connectivity index (χ3n) is 3.76. The van der Waals surface area contributed by atoms with Crippen molar-refractivity contribution < 1.29 is 14.3 Å². The third kappa shape index (κ3) is 3.18. The van der Waals surface area contributed by atoms with E-state index in [2.05, 4.69) is 10.3 Å². The number of aryl methyl sites for hydroxylation is 2. The van der Waals surface area contributed by atoms with Crippen LogP contribution in [-0.4, -0.2) is 23.9 Å². The van der Waals surface area contributed by atoms with E-state index in [4.69, 9.17) is 10.5 Å². The van der Waals surface area contributed by atoms with Crippen molar-refractivity contribution in [3.05, 3.63) is 52.0 Å². The number of benzene rings is 2. The van der Waals surface area contributed by atoms with E-state index in [9.17, 15) is 9.59 Å². The highest BCUT2D eigenvalue weighted by Gasteiger charge is 2.20. The number of nitrogens with zero attached hydrogens (tertiary/aromatic N) is 1. The van der Waals surface area contributed by atoms with E-state index in [-0.39, 0.29) is 11.5 Å². The number of hydrogen-bond acceptors (Lipinski definition) is 5. The number of aromatic nitrogens is 1. The second-order valence-corrected chi connectivity index (χ2v) is 6.79. The second kappa shape index (κ2) is 6.52. The minimum Gasteiger partial charge on any atom is -0.496 e. The van der Waals surface area contributed by atoms with Crippen LogP contribution in [0, 0.1) is 13.8 Å². The highest BCUT2D eigenvalue weighted by atomic mass is 32.1. The largest absolute Gasteiger partial charge is 0.496 e. The van der Waals surface area contributed by atoms with Crippen molar-refractivity contribution in [1.82, 2.24) is 4.98 Å². The molecule has 0 aliphatic rings. The van der Waals surface area contributed by atoms with Gasteiger partial charge < -0.3 is 15.8 Å². The fraction of sp³-hybridized carbons (Fsp3) is 0.167. The van der Waals surface area contributed by atoms with Crippen molar-refractivity contribution in [2.75, 3.05) is 12.4 Å². The quantitative estimate of drug-likeness (QED) is 0.751. The van der Waals surface area contributed by atoms with Gasteiger partial charge in [-0.3, -0.25) is 9.59 Å². The number of primary amides is 1. The van der Waals surface area contributed by atoms with E-state index >= 15 is 0 Å². The first kappa shape index (κ1) is 16.9. The van der Waals surface area contributed by atoms with Crippen LogP contribution < -0.4 is 15.8 Å². The van der Waals surface area contributed by atoms with Crippen LogP contribution in [0.2, 0.25) is 0 Å². The number of fused-ring (bicyclic) bond motifs is 1. The van der Waals surface area contributed by atoms with Crippen LogP contribution in [0.25, 0.3) is 10.2 Å². The van der Waals surface area contributed by atoms with Crippen LogP contribution >= 0.6 is 11.3 Å². The molecule has 0 aliphatic heterocycles. The topological polar surface area (TPSA) is 94.3 Å². The minimum absolute atomic E-state index is 0.264. The highest BCUT2D eigenvalue weighted by Crippen LogP contribution is 2.33. The number of carbonyl (C=O) groups is 2. The van der Waals surface area contributed by atoms with Gasteiger partial charge in [0.2, 0.25) is 0 Å². The summed E-state index contributed by atoms with van der Waals surface area (Å²) in [6, 6.07) is 8.64. The fourth-order valence-corrected chi connectivity index (χ4v) is 3.58. The maximum Gasteiger partial charge on any atom is 0.260 e. The molecule has 0 bridgehead atoms. The van der Waals surface area contributed by atoms with Crippen molar-refractivity contribution in [1.29, 1.82) is 0 Å². The van der Waals surface area contributed by atoms with Crippen LogP contribution in [0.15, 0.2) is 30.3 Å². The molecule has 2 aromatic carbocycles. The SMILES string of the molecule is COc1ccc2nc(C)sc2c1C(=O)Nc1ccc(C)cc1C(N)=O. The van der Waals surface area contributed by atoms with Gasteiger partial charge in [-0.15, -0.1) is 11.3 Å². The summed E-state index contributed by atoms with van der Waals surface area (Å²) in [5, 5.41) is 3.62. The zero-order valence-electron chi connectivity index (χ0n) is 14.0. The Morgan fingerprint density at radius 3 is 2.64 bits per heavy atom. The molecule has 7 heteroatoms. The molecule has 0 radical (unpaired) electrons. The lowest BCUT2D eigenvalue weighted by atomic mass is 10.1. The molecule has 0 saturated carbocycles. The predicted octanol–water partition coefficient (Wildman–Crippen LogP) is 3.27. The molecule has 2 amide bonds. The first-order valence-electron chi connectivity index (χ1n) is 7.56. The number of nitrogens with one attached hydrogen (secondary N) is 1. The molecule has 0 atom stereocenters. The zero-order chi connectivity index (χ0) is 18.1. The van der Waals surface area contributed by atoms with Gasteiger partial charge in [-0.2, -0.15) is 0 Å². The molecular formula is C18H17N3O3S. The monoisotopic (exact) mass is 355 g/mol. The van der Waals surface area contributed by atoms with Gasteiger partial charge in [0.15, 0.2) is 0 Å². The summed E-state index contributed by atoms with van der Waals surface area (Å²) in [6.45, 7) is 3.73. The number of rotatable bonds is 4. The molecule has 0 aliphatic carbocycles. The van der Waals surface area contributed by atoms with E-state index in [1.807, 2.05) is 19.9 Å². The molecule has 3 aromatic rings. The van der Waals surface area contributed by atoms with Crippen molar-refractivity contribution >= 4 is 39.1 Å². The Morgan fingerprint density at radius 2 is 1.96 bits per heavy atom. The molecule has 3 N–H and O–H groups in total. The van der Waals surface area contributed by atoms with Crippen molar-refractivity contribution in [3.63, 3.8) is 0 Å². The fourth-order valence-electron chi connectivity index (χ4n) is 2.63. The molecule has 0 fully saturated rings. The average molecular weight is 355 g/mol. The number of nitrogens with two attached hydrogens (primary N) is 1. The maximum atomic E-state index is 12.9. The lowest BCUT2D eigenvalue weighted by Crippen LogP contribution is -2.19. The standard InChI is InChI=1S/C18H17N3O3S/c1-9-4-5-12(11(8-9)17(19)22)21-18(23)15-14(24-3)7-6-13-16(15)25-10(2)20-13/h4-8H,1-3H3,(H2,19,22)(H,21,23). The van der Waals surface area contributed by atoms with E-state index in [0.717, 1.165) is 20.8 Å². The number of anilines is 1. The highest BCUT2D eigenvalue weighted by molar-refractivity contribution is 7.19. The number of carbonyl (C=O) groups excluding carboxylic acids is 2. The zero-order valence-corrected chi connectivity index (χ0v) is 14.9. The van der Waals surface area contributed by atoms with Gasteiger partial charge in [0.1, 0.15) is 11.3 Å². The van der Waals surface area contributed by atoms with Crippen LogP contribution in [0.3, 0.4) is 0 Å². The Balaban J connectivity index is 2.08. The lowest BCUT2D eigenvalue weighted by Gasteiger charge is -2.12. The van der Waals surface area contributed by atoms with Gasteiger partial charge in [0.05, 0.1) is 33.6 Å². The maximum absolute atomic E-state index is 12.9. The van der Waals surface area contributed by atoms with Gasteiger partial charge >= 0.3 is 0 Å². The number of ether oxygens (including phenoxy) is 1. The molecule has 1 heterocycles. The van der Waals surface area contributed by atoms with Crippen molar-refractivity contribution in [3.8, 4) is 5.75 Å². The van der Waals surface area contributed by atoms with Gasteiger partial charge in [-0.05, 0) is 38.1 Å². The Labute approximate surface area is 148 Å². The number of hydrogen-bond donors (Lipinski definition) is 2. The minimum atomic E-state index is -0.599. The molecule has 25 heavy (non-hydrogen) atoms. The summed E-state index contributed by atoms with van der Waals surface area (Å²) < 4.78 is 6.08. The Morgan fingerprint density at radius 1 is 1.20 bits per heavy atom. The predicted molar refractivity (Wildman–Crippen MR) is 98.6 cm³/mol. The normalized spacial score (nSPS) is 10.7. The molecule has 128 valence electrons. The molecule has 3 rings (SSSR count). The van der Waals surface area contributed by atoms with Crippen LogP contribution in [-0.2, 0) is 0 Å². The molecule has 6 nitrogen and oxygen atoms in total. The summed E-state index contributed by atoms with van der Waals surface area (Å²) >= 11 is 1.42. The molecular weight excluding hydrogens is 338 g/mol. The van der Waals surface area contributed by atoms with E-state index in [0.29, 0.717) is 17.0 Å².